The Morgan fingerprint density at radius 3 is 2.41 bits per heavy atom. The number of carbonyl (C=O) groups is 1. The van der Waals surface area contributed by atoms with Crippen molar-refractivity contribution in [2.75, 3.05) is 20.3 Å². The van der Waals surface area contributed by atoms with Crippen LogP contribution in [-0.2, 0) is 16.0 Å². The number of hydrogen-bond acceptors (Lipinski definition) is 3. The fourth-order valence-corrected chi connectivity index (χ4v) is 1.29. The molecule has 0 aliphatic carbocycles. The number of ether oxygens (including phenoxy) is 2. The third kappa shape index (κ3) is 5.00. The molecule has 0 unspecified atom stereocenters. The Kier molecular flexibility index (Phi) is 5.70. The van der Waals surface area contributed by atoms with Crippen LogP contribution in [-0.4, -0.2) is 26.1 Å². The zero-order valence-corrected chi connectivity index (χ0v) is 10.7. The van der Waals surface area contributed by atoms with Crippen molar-refractivity contribution in [3.05, 3.63) is 29.8 Å². The molecule has 0 aromatic heterocycles. The Morgan fingerprint density at radius 1 is 1.24 bits per heavy atom. The zero-order chi connectivity index (χ0) is 12.7. The zero-order valence-electron chi connectivity index (χ0n) is 10.7. The van der Waals surface area contributed by atoms with Crippen LogP contribution in [0.15, 0.2) is 24.3 Å². The lowest BCUT2D eigenvalue weighted by Gasteiger charge is -2.08. The van der Waals surface area contributed by atoms with Crippen molar-refractivity contribution < 1.29 is 14.3 Å². The van der Waals surface area contributed by atoms with E-state index in [0.29, 0.717) is 6.61 Å². The first kappa shape index (κ1) is 13.7. The molecule has 0 aliphatic heterocycles. The lowest BCUT2D eigenvalue weighted by molar-refractivity contribution is -0.123. The summed E-state index contributed by atoms with van der Waals surface area (Å²) in [4.78, 5) is 11.4. The molecule has 0 aliphatic rings. The average Bonchev–Trinajstić information content (AvgIpc) is 2.34. The maximum atomic E-state index is 11.4. The van der Waals surface area contributed by atoms with Crippen molar-refractivity contribution in [1.82, 2.24) is 0 Å². The number of Topliss-reactive ketones (excluding diaryl/α,β-unsaturated/α-hetero) is 1. The Balaban J connectivity index is 2.42. The predicted octanol–water partition coefficient (Wildman–Crippen LogP) is 2.48. The highest BCUT2D eigenvalue weighted by Gasteiger charge is 2.07. The summed E-state index contributed by atoms with van der Waals surface area (Å²) in [5, 5.41) is 0. The van der Waals surface area contributed by atoms with Crippen molar-refractivity contribution in [1.29, 1.82) is 0 Å². The van der Waals surface area contributed by atoms with Gasteiger partial charge in [-0.05, 0) is 24.1 Å². The number of hydrogen-bond donors (Lipinski definition) is 0. The van der Waals surface area contributed by atoms with Crippen LogP contribution >= 0.6 is 0 Å². The molecule has 0 heterocycles. The van der Waals surface area contributed by atoms with E-state index in [2.05, 4.69) is 0 Å². The molecule has 0 atom stereocenters. The van der Waals surface area contributed by atoms with E-state index in [1.807, 2.05) is 38.1 Å². The Labute approximate surface area is 103 Å². The van der Waals surface area contributed by atoms with Gasteiger partial charge in [0.15, 0.2) is 5.78 Å². The van der Waals surface area contributed by atoms with Gasteiger partial charge in [0.25, 0.3) is 0 Å². The van der Waals surface area contributed by atoms with Crippen molar-refractivity contribution in [2.45, 2.75) is 20.3 Å². The van der Waals surface area contributed by atoms with Gasteiger partial charge in [0.2, 0.25) is 0 Å². The Bertz CT molecular complexity index is 341. The van der Waals surface area contributed by atoms with Gasteiger partial charge in [0, 0.05) is 13.0 Å². The van der Waals surface area contributed by atoms with Crippen LogP contribution in [0.4, 0.5) is 0 Å². The van der Waals surface area contributed by atoms with Crippen molar-refractivity contribution >= 4 is 5.78 Å². The van der Waals surface area contributed by atoms with E-state index in [-0.39, 0.29) is 18.3 Å². The van der Waals surface area contributed by atoms with E-state index in [0.717, 1.165) is 12.2 Å². The minimum absolute atomic E-state index is 0.0241. The minimum Gasteiger partial charge on any atom is -0.486 e. The first-order chi connectivity index (χ1) is 8.13. The molecule has 17 heavy (non-hydrogen) atoms. The smallest absolute Gasteiger partial charge is 0.172 e. The van der Waals surface area contributed by atoms with Crippen molar-refractivity contribution in [3.63, 3.8) is 0 Å². The number of methoxy groups -OCH3 is 1. The summed E-state index contributed by atoms with van der Waals surface area (Å²) in [6.45, 7) is 4.61. The average molecular weight is 236 g/mol. The molecule has 1 rings (SSSR count). The quantitative estimate of drug-likeness (QED) is 0.729. The standard InChI is InChI=1S/C14H20O3/c1-11(2)14(15)10-17-13-6-4-12(5-7-13)8-9-16-3/h4-7,11H,8-10H2,1-3H3. The van der Waals surface area contributed by atoms with Crippen molar-refractivity contribution in [2.24, 2.45) is 5.92 Å². The van der Waals surface area contributed by atoms with E-state index in [1.54, 1.807) is 7.11 Å². The SMILES string of the molecule is COCCc1ccc(OCC(=O)C(C)C)cc1. The molecule has 0 spiro atoms. The topological polar surface area (TPSA) is 35.5 Å². The second-order valence-corrected chi connectivity index (χ2v) is 4.30. The highest BCUT2D eigenvalue weighted by atomic mass is 16.5. The summed E-state index contributed by atoms with van der Waals surface area (Å²) in [5.74, 6) is 0.879. The lowest BCUT2D eigenvalue weighted by Crippen LogP contribution is -2.16. The van der Waals surface area contributed by atoms with E-state index < -0.39 is 0 Å². The fourth-order valence-electron chi connectivity index (χ4n) is 1.29. The molecule has 0 saturated carbocycles. The summed E-state index contributed by atoms with van der Waals surface area (Å²) in [7, 11) is 1.69. The second kappa shape index (κ2) is 7.07. The molecular weight excluding hydrogens is 216 g/mol. The van der Waals surface area contributed by atoms with Crippen LogP contribution < -0.4 is 4.74 Å². The monoisotopic (exact) mass is 236 g/mol. The number of ketones is 1. The normalized spacial score (nSPS) is 10.6. The van der Waals surface area contributed by atoms with Crippen LogP contribution in [0.2, 0.25) is 0 Å². The largest absolute Gasteiger partial charge is 0.486 e. The molecule has 1 aromatic rings. The molecule has 94 valence electrons. The van der Waals surface area contributed by atoms with Crippen molar-refractivity contribution in [3.8, 4) is 5.75 Å². The highest BCUT2D eigenvalue weighted by molar-refractivity contribution is 5.81. The molecule has 0 fully saturated rings. The Hall–Kier alpha value is -1.35. The van der Waals surface area contributed by atoms with Crippen LogP contribution in [0.3, 0.4) is 0 Å². The molecule has 0 radical (unpaired) electrons. The molecular formula is C14H20O3. The molecule has 3 nitrogen and oxygen atoms in total. The number of rotatable bonds is 7. The van der Waals surface area contributed by atoms with Crippen LogP contribution in [0.5, 0.6) is 5.75 Å². The van der Waals surface area contributed by atoms with Gasteiger partial charge in [-0.1, -0.05) is 26.0 Å². The van der Waals surface area contributed by atoms with Gasteiger partial charge in [0.05, 0.1) is 6.61 Å². The second-order valence-electron chi connectivity index (χ2n) is 4.30. The maximum Gasteiger partial charge on any atom is 0.172 e. The lowest BCUT2D eigenvalue weighted by atomic mass is 10.1. The molecule has 0 N–H and O–H groups in total. The number of benzene rings is 1. The third-order valence-electron chi connectivity index (χ3n) is 2.54. The van der Waals surface area contributed by atoms with E-state index in [4.69, 9.17) is 9.47 Å². The van der Waals surface area contributed by atoms with Gasteiger partial charge in [0.1, 0.15) is 12.4 Å². The molecule has 0 amide bonds. The third-order valence-corrected chi connectivity index (χ3v) is 2.54. The minimum atomic E-state index is 0.0241. The predicted molar refractivity (Wildman–Crippen MR) is 67.4 cm³/mol. The summed E-state index contributed by atoms with van der Waals surface area (Å²) in [5.41, 5.74) is 1.20. The molecule has 3 heteroatoms. The van der Waals surface area contributed by atoms with Gasteiger partial charge in [-0.3, -0.25) is 4.79 Å². The van der Waals surface area contributed by atoms with E-state index in [1.165, 1.54) is 5.56 Å². The summed E-state index contributed by atoms with van der Waals surface area (Å²) < 4.78 is 10.4. The Morgan fingerprint density at radius 2 is 1.88 bits per heavy atom. The summed E-state index contributed by atoms with van der Waals surface area (Å²) >= 11 is 0. The highest BCUT2D eigenvalue weighted by Crippen LogP contribution is 2.13. The van der Waals surface area contributed by atoms with Crippen LogP contribution in [0, 0.1) is 5.92 Å². The van der Waals surface area contributed by atoms with E-state index in [9.17, 15) is 4.79 Å². The fraction of sp³-hybridized carbons (Fsp3) is 0.500. The van der Waals surface area contributed by atoms with Gasteiger partial charge >= 0.3 is 0 Å². The van der Waals surface area contributed by atoms with Gasteiger partial charge in [-0.2, -0.15) is 0 Å². The van der Waals surface area contributed by atoms with Gasteiger partial charge < -0.3 is 9.47 Å². The first-order valence-electron chi connectivity index (χ1n) is 5.87. The van der Waals surface area contributed by atoms with Gasteiger partial charge in [-0.25, -0.2) is 0 Å². The summed E-state index contributed by atoms with van der Waals surface area (Å²) in [6, 6.07) is 7.76. The van der Waals surface area contributed by atoms with Crippen LogP contribution in [0.1, 0.15) is 19.4 Å². The molecule has 0 saturated heterocycles. The first-order valence-corrected chi connectivity index (χ1v) is 5.87. The van der Waals surface area contributed by atoms with Gasteiger partial charge in [-0.15, -0.1) is 0 Å². The maximum absolute atomic E-state index is 11.4. The van der Waals surface area contributed by atoms with Crippen LogP contribution in [0.25, 0.3) is 0 Å². The summed E-state index contributed by atoms with van der Waals surface area (Å²) in [6.07, 6.45) is 0.891. The molecule has 1 aromatic carbocycles. The van der Waals surface area contributed by atoms with E-state index >= 15 is 0 Å². The number of carbonyl (C=O) groups excluding carboxylic acids is 1. The molecule has 0 bridgehead atoms.